The number of halogens is 2. The zero-order valence-corrected chi connectivity index (χ0v) is 16.0. The number of benzene rings is 1. The molecule has 2 aromatic rings. The summed E-state index contributed by atoms with van der Waals surface area (Å²) in [4.78, 5) is 3.69. The lowest BCUT2D eigenvalue weighted by atomic mass is 9.84. The van der Waals surface area contributed by atoms with Crippen LogP contribution >= 0.6 is 23.2 Å². The molecule has 1 aromatic carbocycles. The zero-order valence-electron chi connectivity index (χ0n) is 13.7. The second kappa shape index (κ2) is 5.95. The lowest BCUT2D eigenvalue weighted by molar-refractivity contribution is 0.376. The van der Waals surface area contributed by atoms with E-state index in [-0.39, 0.29) is 12.1 Å². The van der Waals surface area contributed by atoms with Crippen molar-refractivity contribution < 1.29 is 8.42 Å². The van der Waals surface area contributed by atoms with Crippen LogP contribution < -0.4 is 0 Å². The van der Waals surface area contributed by atoms with Gasteiger partial charge in [0, 0.05) is 18.3 Å². The molecule has 2 aliphatic rings. The van der Waals surface area contributed by atoms with Gasteiger partial charge in [0.1, 0.15) is 5.15 Å². The van der Waals surface area contributed by atoms with Crippen LogP contribution in [0.5, 0.6) is 0 Å². The molecule has 0 spiro atoms. The molecule has 2 bridgehead atoms. The third kappa shape index (κ3) is 2.69. The molecule has 2 fully saturated rings. The summed E-state index contributed by atoms with van der Waals surface area (Å²) in [6, 6.07) is 10.2. The Labute approximate surface area is 157 Å². The van der Waals surface area contributed by atoms with Crippen molar-refractivity contribution in [3.05, 3.63) is 58.9 Å². The first-order valence-electron chi connectivity index (χ1n) is 8.23. The van der Waals surface area contributed by atoms with E-state index in [9.17, 15) is 8.42 Å². The summed E-state index contributed by atoms with van der Waals surface area (Å²) in [6.07, 6.45) is 3.84. The minimum absolute atomic E-state index is 0.0792. The van der Waals surface area contributed by atoms with Gasteiger partial charge in [0.05, 0.1) is 9.77 Å². The van der Waals surface area contributed by atoms with E-state index in [4.69, 9.17) is 23.2 Å². The van der Waals surface area contributed by atoms with Crippen molar-refractivity contribution in [3.8, 4) is 0 Å². The Morgan fingerprint density at radius 1 is 1.16 bits per heavy atom. The molecule has 0 amide bonds. The third-order valence-corrected chi connectivity index (χ3v) is 8.13. The fourth-order valence-electron chi connectivity index (χ4n) is 4.09. The van der Waals surface area contributed by atoms with Gasteiger partial charge in [0.15, 0.2) is 0 Å². The highest BCUT2D eigenvalue weighted by Crippen LogP contribution is 2.55. The average molecular weight is 397 g/mol. The largest absolute Gasteiger partial charge is 0.244 e. The number of hydrogen-bond acceptors (Lipinski definition) is 3. The number of alkyl halides is 1. The molecular formula is C18H18Cl2N2O2S. The van der Waals surface area contributed by atoms with E-state index >= 15 is 0 Å². The van der Waals surface area contributed by atoms with Crippen LogP contribution in [0.15, 0.2) is 47.5 Å². The minimum atomic E-state index is -3.58. The Bertz CT molecular complexity index is 900. The summed E-state index contributed by atoms with van der Waals surface area (Å²) in [5, 5.41) is 0.399. The number of aromatic nitrogens is 1. The number of sulfonamides is 1. The van der Waals surface area contributed by atoms with Crippen LogP contribution in [0.25, 0.3) is 0 Å². The van der Waals surface area contributed by atoms with Gasteiger partial charge in [-0.2, -0.15) is 4.31 Å². The van der Waals surface area contributed by atoms with Crippen molar-refractivity contribution in [2.75, 3.05) is 0 Å². The van der Waals surface area contributed by atoms with Gasteiger partial charge in [0.25, 0.3) is 0 Å². The standard InChI is InChI=1S/C18H18Cl2N2O2S/c1-12-2-6-15(7-3-12)25(23,24)22-14-5-8-16(22)18(20,10-14)13-4-9-17(19)21-11-13/h2-4,6-7,9,11,14,16H,5,8,10H2,1H3/t14-,16+,18+/m0/s1. The second-order valence-corrected chi connectivity index (χ2v) is 9.74. The molecule has 2 saturated heterocycles. The molecule has 3 heterocycles. The average Bonchev–Trinajstić information content (AvgIpc) is 3.12. The summed E-state index contributed by atoms with van der Waals surface area (Å²) in [6.45, 7) is 1.94. The lowest BCUT2D eigenvalue weighted by Crippen LogP contribution is -2.40. The van der Waals surface area contributed by atoms with Gasteiger partial charge in [-0.15, -0.1) is 11.6 Å². The number of fused-ring (bicyclic) bond motifs is 2. The fourth-order valence-corrected chi connectivity index (χ4v) is 6.68. The Hall–Kier alpha value is -1.14. The molecule has 0 saturated carbocycles. The summed E-state index contributed by atoms with van der Waals surface area (Å²) < 4.78 is 28.0. The first-order chi connectivity index (χ1) is 11.8. The predicted molar refractivity (Wildman–Crippen MR) is 98.4 cm³/mol. The predicted octanol–water partition coefficient (Wildman–Crippen LogP) is 4.10. The molecule has 132 valence electrons. The molecule has 0 unspecified atom stereocenters. The van der Waals surface area contributed by atoms with Gasteiger partial charge in [-0.3, -0.25) is 0 Å². The van der Waals surface area contributed by atoms with E-state index in [1.54, 1.807) is 28.7 Å². The molecule has 0 N–H and O–H groups in total. The molecule has 3 atom stereocenters. The monoisotopic (exact) mass is 396 g/mol. The molecule has 0 radical (unpaired) electrons. The minimum Gasteiger partial charge on any atom is -0.244 e. The first kappa shape index (κ1) is 17.3. The molecule has 0 aliphatic carbocycles. The van der Waals surface area contributed by atoms with E-state index in [2.05, 4.69) is 4.98 Å². The lowest BCUT2D eigenvalue weighted by Gasteiger charge is -2.31. The van der Waals surface area contributed by atoms with Crippen molar-refractivity contribution in [2.45, 2.75) is 48.0 Å². The second-order valence-electron chi connectivity index (χ2n) is 6.83. The van der Waals surface area contributed by atoms with Gasteiger partial charge in [-0.05, 0) is 49.9 Å². The van der Waals surface area contributed by atoms with Crippen LogP contribution in [-0.4, -0.2) is 29.8 Å². The number of rotatable bonds is 3. The normalized spacial score (nSPS) is 29.2. The summed E-state index contributed by atoms with van der Waals surface area (Å²) in [7, 11) is -3.58. The van der Waals surface area contributed by atoms with Crippen LogP contribution in [0.3, 0.4) is 0 Å². The maximum absolute atomic E-state index is 13.2. The van der Waals surface area contributed by atoms with Crippen molar-refractivity contribution in [2.24, 2.45) is 0 Å². The molecule has 7 heteroatoms. The number of nitrogens with zero attached hydrogens (tertiary/aromatic N) is 2. The van der Waals surface area contributed by atoms with Gasteiger partial charge in [-0.25, -0.2) is 13.4 Å². The third-order valence-electron chi connectivity index (χ3n) is 5.30. The molecule has 4 rings (SSSR count). The van der Waals surface area contributed by atoms with Crippen LogP contribution in [0.4, 0.5) is 0 Å². The Morgan fingerprint density at radius 3 is 2.52 bits per heavy atom. The topological polar surface area (TPSA) is 50.3 Å². The van der Waals surface area contributed by atoms with E-state index in [1.807, 2.05) is 25.1 Å². The zero-order chi connectivity index (χ0) is 17.8. The number of pyridine rings is 1. The van der Waals surface area contributed by atoms with E-state index in [0.29, 0.717) is 16.5 Å². The first-order valence-corrected chi connectivity index (χ1v) is 10.4. The molecule has 1 aromatic heterocycles. The smallest absolute Gasteiger partial charge is 0.243 e. The Kier molecular flexibility index (Phi) is 4.11. The van der Waals surface area contributed by atoms with E-state index < -0.39 is 14.9 Å². The summed E-state index contributed by atoms with van der Waals surface area (Å²) in [5.74, 6) is 0. The number of hydrogen-bond donors (Lipinski definition) is 0. The summed E-state index contributed by atoms with van der Waals surface area (Å²) in [5.41, 5.74) is 1.86. The number of aryl methyl sites for hydroxylation is 1. The van der Waals surface area contributed by atoms with Gasteiger partial charge in [-0.1, -0.05) is 35.4 Å². The molecule has 25 heavy (non-hydrogen) atoms. The van der Waals surface area contributed by atoms with Gasteiger partial charge >= 0.3 is 0 Å². The molecule has 2 aliphatic heterocycles. The highest BCUT2D eigenvalue weighted by molar-refractivity contribution is 7.89. The van der Waals surface area contributed by atoms with E-state index in [0.717, 1.165) is 24.0 Å². The van der Waals surface area contributed by atoms with Crippen molar-refractivity contribution in [3.63, 3.8) is 0 Å². The SMILES string of the molecule is Cc1ccc(S(=O)(=O)N2[C@H]3CC[C@@H]2[C@](Cl)(c2ccc(Cl)nc2)C3)cc1. The Balaban J connectivity index is 1.73. The van der Waals surface area contributed by atoms with E-state index in [1.165, 1.54) is 0 Å². The maximum atomic E-state index is 13.2. The summed E-state index contributed by atoms with van der Waals surface area (Å²) >= 11 is 12.8. The van der Waals surface area contributed by atoms with Crippen molar-refractivity contribution in [1.82, 2.24) is 9.29 Å². The highest BCUT2D eigenvalue weighted by Gasteiger charge is 2.60. The fraction of sp³-hybridized carbons (Fsp3) is 0.389. The van der Waals surface area contributed by atoms with Crippen LogP contribution in [0.2, 0.25) is 5.15 Å². The quantitative estimate of drug-likeness (QED) is 0.579. The van der Waals surface area contributed by atoms with Crippen LogP contribution in [0, 0.1) is 6.92 Å². The van der Waals surface area contributed by atoms with Crippen LogP contribution in [0.1, 0.15) is 30.4 Å². The maximum Gasteiger partial charge on any atom is 0.243 e. The molecule has 4 nitrogen and oxygen atoms in total. The van der Waals surface area contributed by atoms with Crippen LogP contribution in [-0.2, 0) is 14.9 Å². The Morgan fingerprint density at radius 2 is 1.88 bits per heavy atom. The van der Waals surface area contributed by atoms with Crippen molar-refractivity contribution in [1.29, 1.82) is 0 Å². The molecular weight excluding hydrogens is 379 g/mol. The highest BCUT2D eigenvalue weighted by atomic mass is 35.5. The van der Waals surface area contributed by atoms with Gasteiger partial charge < -0.3 is 0 Å². The van der Waals surface area contributed by atoms with Gasteiger partial charge in [0.2, 0.25) is 10.0 Å². The van der Waals surface area contributed by atoms with Crippen molar-refractivity contribution >= 4 is 33.2 Å².